The molecule has 1 aromatic heterocycles. The van der Waals surface area contributed by atoms with Crippen LogP contribution >= 0.6 is 24.0 Å². The van der Waals surface area contributed by atoms with E-state index in [0.717, 1.165) is 18.4 Å². The number of halogens is 2. The summed E-state index contributed by atoms with van der Waals surface area (Å²) in [5, 5.41) is 4.28. The molecule has 0 radical (unpaired) electrons. The number of amides is 1. The number of piperidine rings is 1. The molecule has 2 aliphatic heterocycles. The van der Waals surface area contributed by atoms with Crippen LogP contribution in [0.1, 0.15) is 31.4 Å². The number of nitrogens with one attached hydrogen (secondary N) is 1. The van der Waals surface area contributed by atoms with Crippen LogP contribution in [0.25, 0.3) is 11.5 Å². The molecule has 5 nitrogen and oxygen atoms in total. The summed E-state index contributed by atoms with van der Waals surface area (Å²) in [6, 6.07) is 8.78. The molecule has 0 aliphatic carbocycles. The number of oxazole rings is 1. The summed E-state index contributed by atoms with van der Waals surface area (Å²) in [7, 11) is 1.91. The lowest BCUT2D eigenvalue weighted by Gasteiger charge is -2.35. The second kappa shape index (κ2) is 7.99. The Morgan fingerprint density at radius 2 is 1.92 bits per heavy atom. The molecule has 0 saturated carbocycles. The molecule has 2 atom stereocenters. The maximum atomic E-state index is 12.6. The molecule has 0 spiro atoms. The summed E-state index contributed by atoms with van der Waals surface area (Å²) in [5.74, 6) is 0.615. The Labute approximate surface area is 164 Å². The third-order valence-electron chi connectivity index (χ3n) is 5.36. The molecule has 2 aromatic rings. The lowest BCUT2D eigenvalue weighted by molar-refractivity contribution is -0.132. The van der Waals surface area contributed by atoms with E-state index in [-0.39, 0.29) is 24.7 Å². The van der Waals surface area contributed by atoms with Crippen LogP contribution in [0.3, 0.4) is 0 Å². The van der Waals surface area contributed by atoms with E-state index < -0.39 is 0 Å². The van der Waals surface area contributed by atoms with Gasteiger partial charge in [-0.1, -0.05) is 11.6 Å². The summed E-state index contributed by atoms with van der Waals surface area (Å²) in [4.78, 5) is 19.0. The summed E-state index contributed by atoms with van der Waals surface area (Å²) in [6.45, 7) is 0. The fourth-order valence-electron chi connectivity index (χ4n) is 3.94. The topological polar surface area (TPSA) is 58.4 Å². The van der Waals surface area contributed by atoms with Crippen molar-refractivity contribution in [3.05, 3.63) is 41.2 Å². The summed E-state index contributed by atoms with van der Waals surface area (Å²) < 4.78 is 5.53. The van der Waals surface area contributed by atoms with Gasteiger partial charge in [0.1, 0.15) is 6.26 Å². The molecule has 2 fully saturated rings. The highest BCUT2D eigenvalue weighted by molar-refractivity contribution is 6.30. The minimum atomic E-state index is 0. The van der Waals surface area contributed by atoms with Gasteiger partial charge >= 0.3 is 0 Å². The third kappa shape index (κ3) is 4.05. The zero-order chi connectivity index (χ0) is 17.4. The van der Waals surface area contributed by atoms with Crippen LogP contribution < -0.4 is 5.32 Å². The van der Waals surface area contributed by atoms with E-state index in [4.69, 9.17) is 16.0 Å². The number of hydrogen-bond donors (Lipinski definition) is 1. The molecule has 2 bridgehead atoms. The molecule has 1 amide bonds. The molecule has 7 heteroatoms. The molecular formula is C19H23Cl2N3O2. The Kier molecular flexibility index (Phi) is 5.90. The standard InChI is InChI=1S/C19H22ClN3O2.ClH/c1-23(17-8-14-6-7-15(9-17)21-14)18(24)10-16-11-25-19(22-16)12-2-4-13(20)5-3-12;/h2-5,11,14-15,17,21H,6-10H2,1H3;1H. The Balaban J connectivity index is 0.00000196. The number of rotatable bonds is 4. The lowest BCUT2D eigenvalue weighted by Crippen LogP contribution is -2.49. The maximum absolute atomic E-state index is 12.6. The molecule has 1 aromatic carbocycles. The zero-order valence-electron chi connectivity index (χ0n) is 14.7. The average Bonchev–Trinajstić information content (AvgIpc) is 3.21. The fraction of sp³-hybridized carbons (Fsp3) is 0.474. The maximum Gasteiger partial charge on any atom is 0.228 e. The predicted molar refractivity (Wildman–Crippen MR) is 104 cm³/mol. The van der Waals surface area contributed by atoms with Crippen molar-refractivity contribution in [1.82, 2.24) is 15.2 Å². The van der Waals surface area contributed by atoms with Gasteiger partial charge in [-0.25, -0.2) is 4.98 Å². The predicted octanol–water partition coefficient (Wildman–Crippen LogP) is 3.70. The van der Waals surface area contributed by atoms with Crippen molar-refractivity contribution in [2.24, 2.45) is 0 Å². The first-order valence-corrected chi connectivity index (χ1v) is 9.18. The summed E-state index contributed by atoms with van der Waals surface area (Å²) in [6.07, 6.45) is 6.41. The van der Waals surface area contributed by atoms with E-state index in [1.165, 1.54) is 12.8 Å². The third-order valence-corrected chi connectivity index (χ3v) is 5.62. The van der Waals surface area contributed by atoms with Crippen molar-refractivity contribution in [2.45, 2.75) is 50.2 Å². The molecule has 4 rings (SSSR count). The number of hydrogen-bond acceptors (Lipinski definition) is 4. The molecule has 140 valence electrons. The summed E-state index contributed by atoms with van der Waals surface area (Å²) >= 11 is 5.90. The largest absolute Gasteiger partial charge is 0.444 e. The molecule has 1 N–H and O–H groups in total. The highest BCUT2D eigenvalue weighted by Gasteiger charge is 2.36. The molecule has 2 saturated heterocycles. The first-order chi connectivity index (χ1) is 12.1. The van der Waals surface area contributed by atoms with Gasteiger partial charge in [0.15, 0.2) is 0 Å². The van der Waals surface area contributed by atoms with Gasteiger partial charge in [0.2, 0.25) is 11.8 Å². The monoisotopic (exact) mass is 395 g/mol. The van der Waals surface area contributed by atoms with Crippen LogP contribution in [-0.2, 0) is 11.2 Å². The Bertz CT molecular complexity index is 750. The number of aromatic nitrogens is 1. The Morgan fingerprint density at radius 1 is 1.27 bits per heavy atom. The first-order valence-electron chi connectivity index (χ1n) is 8.80. The number of likely N-dealkylation sites (N-methyl/N-ethyl adjacent to an activating group) is 1. The van der Waals surface area contributed by atoms with E-state index >= 15 is 0 Å². The average molecular weight is 396 g/mol. The van der Waals surface area contributed by atoms with Crippen molar-refractivity contribution < 1.29 is 9.21 Å². The number of carbonyl (C=O) groups is 1. The molecule has 3 heterocycles. The van der Waals surface area contributed by atoms with Gasteiger partial charge in [0, 0.05) is 35.8 Å². The van der Waals surface area contributed by atoms with Gasteiger partial charge in [-0.3, -0.25) is 4.79 Å². The molecule has 26 heavy (non-hydrogen) atoms. The van der Waals surface area contributed by atoms with Gasteiger partial charge in [-0.15, -0.1) is 12.4 Å². The highest BCUT2D eigenvalue weighted by atomic mass is 35.5. The van der Waals surface area contributed by atoms with Crippen molar-refractivity contribution >= 4 is 29.9 Å². The zero-order valence-corrected chi connectivity index (χ0v) is 16.2. The lowest BCUT2D eigenvalue weighted by atomic mass is 9.98. The van der Waals surface area contributed by atoms with Crippen LogP contribution in [0.4, 0.5) is 0 Å². The molecule has 2 unspecified atom stereocenters. The van der Waals surface area contributed by atoms with E-state index in [1.54, 1.807) is 18.4 Å². The number of carbonyl (C=O) groups excluding carboxylic acids is 1. The van der Waals surface area contributed by atoms with Crippen molar-refractivity contribution in [3.8, 4) is 11.5 Å². The van der Waals surface area contributed by atoms with Crippen molar-refractivity contribution in [1.29, 1.82) is 0 Å². The van der Waals surface area contributed by atoms with E-state index in [2.05, 4.69) is 10.3 Å². The van der Waals surface area contributed by atoms with Crippen LogP contribution in [0.15, 0.2) is 34.9 Å². The SMILES string of the molecule is CN(C(=O)Cc1coc(-c2ccc(Cl)cc2)n1)C1CC2CCC(C1)N2.Cl. The molecule has 2 aliphatic rings. The van der Waals surface area contributed by atoms with Crippen molar-refractivity contribution in [3.63, 3.8) is 0 Å². The minimum absolute atomic E-state index is 0. The number of fused-ring (bicyclic) bond motifs is 2. The van der Waals surface area contributed by atoms with Gasteiger partial charge in [-0.2, -0.15) is 0 Å². The number of nitrogens with zero attached hydrogens (tertiary/aromatic N) is 2. The van der Waals surface area contributed by atoms with Crippen LogP contribution in [0, 0.1) is 0 Å². The Morgan fingerprint density at radius 3 is 2.58 bits per heavy atom. The van der Waals surface area contributed by atoms with Gasteiger partial charge in [-0.05, 0) is 49.9 Å². The quantitative estimate of drug-likeness (QED) is 0.856. The fourth-order valence-corrected chi connectivity index (χ4v) is 4.07. The second-order valence-corrected chi connectivity index (χ2v) is 7.53. The second-order valence-electron chi connectivity index (χ2n) is 7.10. The number of benzene rings is 1. The highest BCUT2D eigenvalue weighted by Crippen LogP contribution is 2.29. The Hall–Kier alpha value is -1.56. The van der Waals surface area contributed by atoms with Gasteiger partial charge in [0.05, 0.1) is 12.1 Å². The molecular weight excluding hydrogens is 373 g/mol. The van der Waals surface area contributed by atoms with Gasteiger partial charge in [0.25, 0.3) is 0 Å². The van der Waals surface area contributed by atoms with E-state index in [1.807, 2.05) is 24.1 Å². The van der Waals surface area contributed by atoms with Crippen LogP contribution in [0.2, 0.25) is 5.02 Å². The summed E-state index contributed by atoms with van der Waals surface area (Å²) in [5.41, 5.74) is 1.52. The van der Waals surface area contributed by atoms with Crippen LogP contribution in [-0.4, -0.2) is 41.0 Å². The van der Waals surface area contributed by atoms with E-state index in [0.29, 0.717) is 34.7 Å². The smallest absolute Gasteiger partial charge is 0.228 e. The first kappa shape index (κ1) is 19.2. The minimum Gasteiger partial charge on any atom is -0.444 e. The van der Waals surface area contributed by atoms with Gasteiger partial charge < -0.3 is 14.6 Å². The van der Waals surface area contributed by atoms with E-state index in [9.17, 15) is 4.79 Å². The normalized spacial score (nSPS) is 24.2. The van der Waals surface area contributed by atoms with Crippen LogP contribution in [0.5, 0.6) is 0 Å². The van der Waals surface area contributed by atoms with Crippen molar-refractivity contribution in [2.75, 3.05) is 7.05 Å².